The highest BCUT2D eigenvalue weighted by Gasteiger charge is 2.35. The smallest absolute Gasteiger partial charge is 0.230 e. The Hall–Kier alpha value is -1.82. The molecule has 0 radical (unpaired) electrons. The number of carbonyl (C=O) groups excluding carboxylic acids is 1. The number of amides is 1. The maximum atomic E-state index is 13.0. The van der Waals surface area contributed by atoms with Crippen LogP contribution in [0.3, 0.4) is 0 Å². The Labute approximate surface area is 136 Å². The molecule has 6 heteroatoms. The molecule has 1 amide bonds. The highest BCUT2D eigenvalue weighted by Crippen LogP contribution is 2.32. The van der Waals surface area contributed by atoms with Crippen molar-refractivity contribution in [3.05, 3.63) is 35.7 Å². The number of hydrogen-bond donors (Lipinski definition) is 0. The third-order valence-corrected chi connectivity index (χ3v) is 5.91. The molecule has 0 saturated heterocycles. The van der Waals surface area contributed by atoms with Crippen molar-refractivity contribution in [1.29, 1.82) is 0 Å². The van der Waals surface area contributed by atoms with Crippen molar-refractivity contribution >= 4 is 21.4 Å². The van der Waals surface area contributed by atoms with Crippen LogP contribution in [0.25, 0.3) is 0 Å². The molecule has 1 saturated carbocycles. The van der Waals surface area contributed by atoms with Crippen molar-refractivity contribution in [1.82, 2.24) is 0 Å². The number of ether oxygens (including phenoxy) is 1. The summed E-state index contributed by atoms with van der Waals surface area (Å²) in [6.07, 6.45) is 5.51. The van der Waals surface area contributed by atoms with Gasteiger partial charge in [0, 0.05) is 17.0 Å². The first-order chi connectivity index (χ1) is 11.0. The SMILES string of the molecule is COc1ccc(N(C(=O)C2CCCC2)[C@H]2C=CS(=O)(=O)C2)cc1. The molecule has 124 valence electrons. The summed E-state index contributed by atoms with van der Waals surface area (Å²) < 4.78 is 28.7. The summed E-state index contributed by atoms with van der Waals surface area (Å²) in [6, 6.07) is 6.77. The van der Waals surface area contributed by atoms with E-state index in [1.807, 2.05) is 12.1 Å². The lowest BCUT2D eigenvalue weighted by molar-refractivity contribution is -0.122. The van der Waals surface area contributed by atoms with Crippen LogP contribution >= 0.6 is 0 Å². The van der Waals surface area contributed by atoms with Crippen LogP contribution in [0.1, 0.15) is 25.7 Å². The van der Waals surface area contributed by atoms with E-state index in [1.54, 1.807) is 30.2 Å². The van der Waals surface area contributed by atoms with Crippen LogP contribution in [0.15, 0.2) is 35.7 Å². The molecule has 0 bridgehead atoms. The highest BCUT2D eigenvalue weighted by molar-refractivity contribution is 7.94. The normalized spacial score (nSPS) is 23.1. The third kappa shape index (κ3) is 3.42. The van der Waals surface area contributed by atoms with E-state index in [4.69, 9.17) is 4.74 Å². The first-order valence-corrected chi connectivity index (χ1v) is 9.60. The Morgan fingerprint density at radius 1 is 1.17 bits per heavy atom. The van der Waals surface area contributed by atoms with Gasteiger partial charge in [0.25, 0.3) is 0 Å². The lowest BCUT2D eigenvalue weighted by atomic mass is 10.0. The zero-order chi connectivity index (χ0) is 16.4. The van der Waals surface area contributed by atoms with E-state index in [2.05, 4.69) is 0 Å². The molecule has 0 spiro atoms. The maximum Gasteiger partial charge on any atom is 0.230 e. The van der Waals surface area contributed by atoms with Gasteiger partial charge in [-0.2, -0.15) is 0 Å². The fourth-order valence-electron chi connectivity index (χ4n) is 3.31. The van der Waals surface area contributed by atoms with E-state index in [0.717, 1.165) is 31.4 Å². The van der Waals surface area contributed by atoms with Gasteiger partial charge in [-0.1, -0.05) is 12.8 Å². The fraction of sp³-hybridized carbons (Fsp3) is 0.471. The van der Waals surface area contributed by atoms with E-state index in [0.29, 0.717) is 5.75 Å². The lowest BCUT2D eigenvalue weighted by Crippen LogP contribution is -2.44. The van der Waals surface area contributed by atoms with Gasteiger partial charge < -0.3 is 9.64 Å². The predicted octanol–water partition coefficient (Wildman–Crippen LogP) is 2.53. The number of anilines is 1. The van der Waals surface area contributed by atoms with Crippen molar-refractivity contribution in [3.8, 4) is 5.75 Å². The monoisotopic (exact) mass is 335 g/mol. The molecule has 3 rings (SSSR count). The largest absolute Gasteiger partial charge is 0.497 e. The molecule has 0 unspecified atom stereocenters. The number of hydrogen-bond acceptors (Lipinski definition) is 4. The molecular weight excluding hydrogens is 314 g/mol. The summed E-state index contributed by atoms with van der Waals surface area (Å²) in [5.74, 6) is 0.683. The molecule has 1 atom stereocenters. The molecule has 2 aliphatic rings. The third-order valence-electron chi connectivity index (χ3n) is 4.54. The molecule has 1 aliphatic carbocycles. The number of nitrogens with zero attached hydrogens (tertiary/aromatic N) is 1. The number of carbonyl (C=O) groups is 1. The minimum absolute atomic E-state index is 0.00574. The van der Waals surface area contributed by atoms with Gasteiger partial charge in [-0.05, 0) is 43.2 Å². The molecule has 23 heavy (non-hydrogen) atoms. The average Bonchev–Trinajstić information content (AvgIpc) is 3.18. The van der Waals surface area contributed by atoms with Gasteiger partial charge in [0.2, 0.25) is 5.91 Å². The Balaban J connectivity index is 1.92. The number of methoxy groups -OCH3 is 1. The van der Waals surface area contributed by atoms with E-state index >= 15 is 0 Å². The first-order valence-electron chi connectivity index (χ1n) is 7.88. The number of benzene rings is 1. The lowest BCUT2D eigenvalue weighted by Gasteiger charge is -2.30. The van der Waals surface area contributed by atoms with Gasteiger partial charge in [-0.3, -0.25) is 4.79 Å². The second kappa shape index (κ2) is 6.35. The van der Waals surface area contributed by atoms with Gasteiger partial charge >= 0.3 is 0 Å². The van der Waals surface area contributed by atoms with Crippen LogP contribution in [0.5, 0.6) is 5.75 Å². The van der Waals surface area contributed by atoms with E-state index < -0.39 is 15.9 Å². The Kier molecular flexibility index (Phi) is 4.43. The van der Waals surface area contributed by atoms with Crippen molar-refractivity contribution in [2.45, 2.75) is 31.7 Å². The Morgan fingerprint density at radius 3 is 2.35 bits per heavy atom. The van der Waals surface area contributed by atoms with Crippen LogP contribution < -0.4 is 9.64 Å². The van der Waals surface area contributed by atoms with E-state index in [1.165, 1.54) is 5.41 Å². The van der Waals surface area contributed by atoms with Crippen LogP contribution in [0.4, 0.5) is 5.69 Å². The highest BCUT2D eigenvalue weighted by atomic mass is 32.2. The molecule has 5 nitrogen and oxygen atoms in total. The second-order valence-electron chi connectivity index (χ2n) is 6.11. The molecule has 0 aromatic heterocycles. The quantitative estimate of drug-likeness (QED) is 0.848. The summed E-state index contributed by atoms with van der Waals surface area (Å²) in [5.41, 5.74) is 0.717. The Morgan fingerprint density at radius 2 is 1.83 bits per heavy atom. The van der Waals surface area contributed by atoms with Gasteiger partial charge in [0.1, 0.15) is 5.75 Å². The van der Waals surface area contributed by atoms with Gasteiger partial charge in [0.15, 0.2) is 9.84 Å². The minimum atomic E-state index is -3.22. The Bertz CT molecular complexity index is 703. The molecule has 1 aromatic rings. The first kappa shape index (κ1) is 16.1. The number of rotatable bonds is 4. The fourth-order valence-corrected chi connectivity index (χ4v) is 4.58. The van der Waals surface area contributed by atoms with E-state index in [9.17, 15) is 13.2 Å². The zero-order valence-corrected chi connectivity index (χ0v) is 14.0. The predicted molar refractivity (Wildman–Crippen MR) is 89.2 cm³/mol. The molecule has 1 aromatic carbocycles. The molecule has 0 N–H and O–H groups in total. The van der Waals surface area contributed by atoms with Crippen molar-refractivity contribution in [3.63, 3.8) is 0 Å². The van der Waals surface area contributed by atoms with Crippen LogP contribution in [0, 0.1) is 5.92 Å². The minimum Gasteiger partial charge on any atom is -0.497 e. The van der Waals surface area contributed by atoms with Crippen LogP contribution in [-0.2, 0) is 14.6 Å². The molecule has 1 heterocycles. The van der Waals surface area contributed by atoms with Crippen molar-refractivity contribution < 1.29 is 17.9 Å². The maximum absolute atomic E-state index is 13.0. The molecular formula is C17H21NO4S. The van der Waals surface area contributed by atoms with Crippen LogP contribution in [0.2, 0.25) is 0 Å². The van der Waals surface area contributed by atoms with E-state index in [-0.39, 0.29) is 17.6 Å². The van der Waals surface area contributed by atoms with Gasteiger partial charge in [0.05, 0.1) is 18.9 Å². The number of sulfone groups is 1. The second-order valence-corrected chi connectivity index (χ2v) is 8.04. The summed E-state index contributed by atoms with van der Waals surface area (Å²) in [5, 5.41) is 1.22. The molecule has 1 aliphatic heterocycles. The summed E-state index contributed by atoms with van der Waals surface area (Å²) in [6.45, 7) is 0. The summed E-state index contributed by atoms with van der Waals surface area (Å²) in [7, 11) is -1.63. The van der Waals surface area contributed by atoms with Crippen molar-refractivity contribution in [2.75, 3.05) is 17.8 Å². The summed E-state index contributed by atoms with van der Waals surface area (Å²) in [4.78, 5) is 14.6. The topological polar surface area (TPSA) is 63.7 Å². The zero-order valence-electron chi connectivity index (χ0n) is 13.1. The van der Waals surface area contributed by atoms with Crippen LogP contribution in [-0.4, -0.2) is 33.2 Å². The van der Waals surface area contributed by atoms with Gasteiger partial charge in [-0.25, -0.2) is 8.42 Å². The molecule has 1 fully saturated rings. The van der Waals surface area contributed by atoms with Crippen molar-refractivity contribution in [2.24, 2.45) is 5.92 Å². The standard InChI is InChI=1S/C17H21NO4S/c1-22-16-8-6-14(7-9-16)18(15-10-11-23(20,21)12-15)17(19)13-4-2-3-5-13/h6-11,13,15H,2-5,12H2,1H3/t15-/m0/s1. The average molecular weight is 335 g/mol. The van der Waals surface area contributed by atoms with Gasteiger partial charge in [-0.15, -0.1) is 0 Å². The summed E-state index contributed by atoms with van der Waals surface area (Å²) >= 11 is 0.